The van der Waals surface area contributed by atoms with E-state index in [1.165, 1.54) is 6.07 Å². The van der Waals surface area contributed by atoms with Crippen molar-refractivity contribution in [2.45, 2.75) is 32.9 Å². The molecular weight excluding hydrogens is 231 g/mol. The van der Waals surface area contributed by atoms with Crippen molar-refractivity contribution in [3.8, 4) is 0 Å². The van der Waals surface area contributed by atoms with Crippen LogP contribution in [0.15, 0.2) is 18.2 Å². The third-order valence-electron chi connectivity index (χ3n) is 2.92. The van der Waals surface area contributed by atoms with Crippen LogP contribution in [0.2, 0.25) is 0 Å². The molecule has 0 aromatic heterocycles. The van der Waals surface area contributed by atoms with E-state index in [-0.39, 0.29) is 11.9 Å². The highest BCUT2D eigenvalue weighted by Gasteiger charge is 2.14. The lowest BCUT2D eigenvalue weighted by Gasteiger charge is -2.26. The molecule has 0 aliphatic rings. The SMILES string of the molecule is CCNC(C)c1cc(F)ccc1N(C)CC(C)O. The molecule has 1 aromatic carbocycles. The highest BCUT2D eigenvalue weighted by molar-refractivity contribution is 5.54. The number of nitrogens with one attached hydrogen (secondary N) is 1. The number of aliphatic hydroxyl groups is 1. The second-order valence-electron chi connectivity index (χ2n) is 4.71. The van der Waals surface area contributed by atoms with E-state index in [4.69, 9.17) is 0 Å². The Morgan fingerprint density at radius 3 is 2.61 bits per heavy atom. The fourth-order valence-electron chi connectivity index (χ4n) is 2.13. The first-order valence-electron chi connectivity index (χ1n) is 6.37. The second-order valence-corrected chi connectivity index (χ2v) is 4.71. The normalized spacial score (nSPS) is 14.3. The molecule has 2 atom stereocenters. The Labute approximate surface area is 109 Å². The molecule has 0 radical (unpaired) electrons. The highest BCUT2D eigenvalue weighted by Crippen LogP contribution is 2.26. The molecule has 0 saturated carbocycles. The number of anilines is 1. The molecule has 2 N–H and O–H groups in total. The van der Waals surface area contributed by atoms with Crippen molar-refractivity contribution in [2.24, 2.45) is 0 Å². The number of benzene rings is 1. The van der Waals surface area contributed by atoms with Crippen LogP contribution < -0.4 is 10.2 Å². The van der Waals surface area contributed by atoms with Gasteiger partial charge in [-0.3, -0.25) is 0 Å². The number of aliphatic hydroxyl groups excluding tert-OH is 1. The summed E-state index contributed by atoms with van der Waals surface area (Å²) in [6.07, 6.45) is -0.414. The van der Waals surface area contributed by atoms with Gasteiger partial charge in [-0.15, -0.1) is 0 Å². The Morgan fingerprint density at radius 1 is 1.39 bits per heavy atom. The molecule has 0 aliphatic carbocycles. The van der Waals surface area contributed by atoms with Crippen molar-refractivity contribution in [1.82, 2.24) is 5.32 Å². The molecule has 1 rings (SSSR count). The van der Waals surface area contributed by atoms with Gasteiger partial charge >= 0.3 is 0 Å². The molecule has 0 heterocycles. The van der Waals surface area contributed by atoms with Crippen LogP contribution in [0, 0.1) is 5.82 Å². The zero-order valence-electron chi connectivity index (χ0n) is 11.6. The zero-order valence-corrected chi connectivity index (χ0v) is 11.6. The zero-order chi connectivity index (χ0) is 13.7. The van der Waals surface area contributed by atoms with Crippen LogP contribution in [-0.4, -0.2) is 31.3 Å². The largest absolute Gasteiger partial charge is 0.392 e. The Balaban J connectivity index is 3.02. The number of halogens is 1. The maximum Gasteiger partial charge on any atom is 0.123 e. The molecule has 0 spiro atoms. The summed E-state index contributed by atoms with van der Waals surface area (Å²) in [7, 11) is 1.90. The first kappa shape index (κ1) is 14.9. The summed E-state index contributed by atoms with van der Waals surface area (Å²) in [5.74, 6) is -0.232. The van der Waals surface area contributed by atoms with Crippen LogP contribution >= 0.6 is 0 Å². The van der Waals surface area contributed by atoms with Gasteiger partial charge in [0.05, 0.1) is 6.10 Å². The van der Waals surface area contributed by atoms with E-state index in [2.05, 4.69) is 5.32 Å². The Bertz CT molecular complexity index is 382. The molecular formula is C14H23FN2O. The minimum Gasteiger partial charge on any atom is -0.392 e. The summed E-state index contributed by atoms with van der Waals surface area (Å²) in [4.78, 5) is 1.95. The molecule has 2 unspecified atom stereocenters. The topological polar surface area (TPSA) is 35.5 Å². The molecule has 18 heavy (non-hydrogen) atoms. The average Bonchev–Trinajstić information content (AvgIpc) is 2.28. The summed E-state index contributed by atoms with van der Waals surface area (Å²) < 4.78 is 13.4. The molecule has 0 bridgehead atoms. The van der Waals surface area contributed by atoms with Crippen LogP contribution in [0.3, 0.4) is 0 Å². The van der Waals surface area contributed by atoms with Crippen molar-refractivity contribution >= 4 is 5.69 Å². The maximum atomic E-state index is 13.4. The predicted molar refractivity (Wildman–Crippen MR) is 73.4 cm³/mol. The van der Waals surface area contributed by atoms with E-state index < -0.39 is 6.10 Å². The number of hydrogen-bond acceptors (Lipinski definition) is 3. The molecule has 0 aliphatic heterocycles. The lowest BCUT2D eigenvalue weighted by atomic mass is 10.0. The van der Waals surface area contributed by atoms with E-state index in [0.717, 1.165) is 17.8 Å². The minimum absolute atomic E-state index is 0.0807. The fourth-order valence-corrected chi connectivity index (χ4v) is 2.13. The van der Waals surface area contributed by atoms with Crippen LogP contribution in [0.1, 0.15) is 32.4 Å². The third-order valence-corrected chi connectivity index (χ3v) is 2.92. The average molecular weight is 254 g/mol. The quantitative estimate of drug-likeness (QED) is 0.817. The molecule has 0 fully saturated rings. The smallest absolute Gasteiger partial charge is 0.123 e. The van der Waals surface area contributed by atoms with Gasteiger partial charge < -0.3 is 15.3 Å². The number of nitrogens with zero attached hydrogens (tertiary/aromatic N) is 1. The standard InChI is InChI=1S/C14H23FN2O/c1-5-16-11(3)13-8-12(15)6-7-14(13)17(4)9-10(2)18/h6-8,10-11,16,18H,5,9H2,1-4H3. The Hall–Kier alpha value is -1.13. The van der Waals surface area contributed by atoms with Gasteiger partial charge in [-0.1, -0.05) is 6.92 Å². The van der Waals surface area contributed by atoms with Crippen LogP contribution in [-0.2, 0) is 0 Å². The first-order chi connectivity index (χ1) is 8.45. The molecule has 0 saturated heterocycles. The van der Waals surface area contributed by atoms with Crippen molar-refractivity contribution in [2.75, 3.05) is 25.0 Å². The van der Waals surface area contributed by atoms with E-state index in [1.807, 2.05) is 25.8 Å². The van der Waals surface area contributed by atoms with Gasteiger partial charge in [0.2, 0.25) is 0 Å². The first-order valence-corrected chi connectivity index (χ1v) is 6.37. The van der Waals surface area contributed by atoms with Gasteiger partial charge in [0.25, 0.3) is 0 Å². The second kappa shape index (κ2) is 6.71. The van der Waals surface area contributed by atoms with Crippen molar-refractivity contribution in [1.29, 1.82) is 0 Å². The number of rotatable bonds is 6. The predicted octanol–water partition coefficient (Wildman–Crippen LogP) is 2.31. The van der Waals surface area contributed by atoms with Crippen molar-refractivity contribution < 1.29 is 9.50 Å². The fraction of sp³-hybridized carbons (Fsp3) is 0.571. The monoisotopic (exact) mass is 254 g/mol. The van der Waals surface area contributed by atoms with E-state index >= 15 is 0 Å². The van der Waals surface area contributed by atoms with Crippen LogP contribution in [0.5, 0.6) is 0 Å². The lowest BCUT2D eigenvalue weighted by molar-refractivity contribution is 0.201. The molecule has 102 valence electrons. The van der Waals surface area contributed by atoms with Crippen LogP contribution in [0.25, 0.3) is 0 Å². The number of hydrogen-bond donors (Lipinski definition) is 2. The van der Waals surface area contributed by atoms with Gasteiger partial charge in [0.15, 0.2) is 0 Å². The van der Waals surface area contributed by atoms with Crippen LogP contribution in [0.4, 0.5) is 10.1 Å². The number of likely N-dealkylation sites (N-methyl/N-ethyl adjacent to an activating group) is 1. The van der Waals surface area contributed by atoms with E-state index in [0.29, 0.717) is 6.54 Å². The highest BCUT2D eigenvalue weighted by atomic mass is 19.1. The third kappa shape index (κ3) is 3.96. The van der Waals surface area contributed by atoms with Gasteiger partial charge in [-0.05, 0) is 44.2 Å². The lowest BCUT2D eigenvalue weighted by Crippen LogP contribution is -2.29. The maximum absolute atomic E-state index is 13.4. The van der Waals surface area contributed by atoms with Gasteiger partial charge in [-0.25, -0.2) is 4.39 Å². The summed E-state index contributed by atoms with van der Waals surface area (Å²) in [5, 5.41) is 12.7. The minimum atomic E-state index is -0.414. The van der Waals surface area contributed by atoms with Gasteiger partial charge in [-0.2, -0.15) is 0 Å². The van der Waals surface area contributed by atoms with E-state index in [9.17, 15) is 9.50 Å². The summed E-state index contributed by atoms with van der Waals surface area (Å²) >= 11 is 0. The van der Waals surface area contributed by atoms with Crippen molar-refractivity contribution in [3.05, 3.63) is 29.6 Å². The van der Waals surface area contributed by atoms with E-state index in [1.54, 1.807) is 19.1 Å². The van der Waals surface area contributed by atoms with Gasteiger partial charge in [0, 0.05) is 25.3 Å². The molecule has 3 nitrogen and oxygen atoms in total. The summed E-state index contributed by atoms with van der Waals surface area (Å²) in [5.41, 5.74) is 1.87. The summed E-state index contributed by atoms with van der Waals surface area (Å²) in [6, 6.07) is 4.86. The summed E-state index contributed by atoms with van der Waals surface area (Å²) in [6.45, 7) is 7.13. The Morgan fingerprint density at radius 2 is 2.06 bits per heavy atom. The van der Waals surface area contributed by atoms with Gasteiger partial charge in [0.1, 0.15) is 5.82 Å². The molecule has 1 aromatic rings. The van der Waals surface area contributed by atoms with Crippen molar-refractivity contribution in [3.63, 3.8) is 0 Å². The molecule has 4 heteroatoms. The molecule has 0 amide bonds. The Kier molecular flexibility index (Phi) is 5.56.